The fraction of sp³-hybridized carbons (Fsp3) is 0.222. The zero-order valence-corrected chi connectivity index (χ0v) is 14.9. The Morgan fingerprint density at radius 1 is 1.15 bits per heavy atom. The van der Waals surface area contributed by atoms with Crippen LogP contribution in [-0.4, -0.2) is 35.7 Å². The highest BCUT2D eigenvalue weighted by atomic mass is 32.2. The third-order valence-corrected chi connectivity index (χ3v) is 4.94. The van der Waals surface area contributed by atoms with E-state index in [-0.39, 0.29) is 11.6 Å². The average molecular weight is 396 g/mol. The smallest absolute Gasteiger partial charge is 0.355 e. The van der Waals surface area contributed by atoms with Gasteiger partial charge in [-0.25, -0.2) is 0 Å². The van der Waals surface area contributed by atoms with Gasteiger partial charge in [-0.3, -0.25) is 4.79 Å². The minimum absolute atomic E-state index is 0.0290. The number of nitrogens with zero attached hydrogens (tertiary/aromatic N) is 1. The van der Waals surface area contributed by atoms with Crippen LogP contribution in [0.3, 0.4) is 0 Å². The highest BCUT2D eigenvalue weighted by Gasteiger charge is 2.60. The molecular formula is C18H15F3N2O3S. The first kappa shape index (κ1) is 19.2. The van der Waals surface area contributed by atoms with Crippen LogP contribution in [0.5, 0.6) is 0 Å². The van der Waals surface area contributed by atoms with Gasteiger partial charge in [0.25, 0.3) is 5.91 Å². The van der Waals surface area contributed by atoms with Crippen molar-refractivity contribution in [3.8, 4) is 0 Å². The van der Waals surface area contributed by atoms with Crippen molar-refractivity contribution in [2.24, 2.45) is 5.16 Å². The lowest BCUT2D eigenvalue weighted by Crippen LogP contribution is -2.45. The molecular weight excluding hydrogens is 381 g/mol. The maximum absolute atomic E-state index is 12.8. The Kier molecular flexibility index (Phi) is 5.16. The van der Waals surface area contributed by atoms with Crippen LogP contribution in [0.4, 0.5) is 13.2 Å². The van der Waals surface area contributed by atoms with E-state index in [0.29, 0.717) is 11.1 Å². The lowest BCUT2D eigenvalue weighted by molar-refractivity contribution is -0.355. The molecule has 0 aliphatic carbocycles. The number of alkyl halides is 3. The predicted molar refractivity (Wildman–Crippen MR) is 93.6 cm³/mol. The van der Waals surface area contributed by atoms with Crippen molar-refractivity contribution >= 4 is 23.4 Å². The number of hydrogen-bond acceptors (Lipinski definition) is 5. The number of halogens is 3. The number of amides is 1. The number of nitrogens with one attached hydrogen (secondary N) is 1. The number of carbonyl (C=O) groups excluding carboxylic acids is 1. The van der Waals surface area contributed by atoms with Crippen LogP contribution >= 0.6 is 11.8 Å². The first-order valence-corrected chi connectivity index (χ1v) is 8.68. The van der Waals surface area contributed by atoms with Gasteiger partial charge in [0.05, 0.1) is 12.1 Å². The molecule has 2 aromatic rings. The largest absolute Gasteiger partial charge is 0.458 e. The van der Waals surface area contributed by atoms with E-state index in [1.807, 2.05) is 12.1 Å². The summed E-state index contributed by atoms with van der Waals surface area (Å²) in [5, 5.41) is 15.4. The van der Waals surface area contributed by atoms with Crippen molar-refractivity contribution in [1.82, 2.24) is 5.32 Å². The summed E-state index contributed by atoms with van der Waals surface area (Å²) in [6.07, 6.45) is -5.68. The first-order valence-electron chi connectivity index (χ1n) is 7.86. The molecule has 0 radical (unpaired) electrons. The minimum Gasteiger partial charge on any atom is -0.355 e. The lowest BCUT2D eigenvalue weighted by atomic mass is 10.0. The quantitative estimate of drug-likeness (QED) is 0.829. The van der Waals surface area contributed by atoms with Gasteiger partial charge in [-0.2, -0.15) is 13.2 Å². The average Bonchev–Trinajstić information content (AvgIpc) is 3.06. The zero-order chi connectivity index (χ0) is 19.7. The van der Waals surface area contributed by atoms with Crippen molar-refractivity contribution in [1.29, 1.82) is 0 Å². The fourth-order valence-electron chi connectivity index (χ4n) is 2.40. The van der Waals surface area contributed by atoms with Gasteiger partial charge in [-0.15, -0.1) is 0 Å². The molecule has 1 aliphatic heterocycles. The van der Waals surface area contributed by atoms with Crippen molar-refractivity contribution in [3.05, 3.63) is 59.7 Å². The van der Waals surface area contributed by atoms with E-state index in [1.54, 1.807) is 43.4 Å². The molecule has 27 heavy (non-hydrogen) atoms. The molecule has 1 amide bonds. The Balaban J connectivity index is 1.67. The fourth-order valence-corrected chi connectivity index (χ4v) is 3.22. The molecule has 5 nitrogen and oxygen atoms in total. The van der Waals surface area contributed by atoms with Crippen molar-refractivity contribution in [3.63, 3.8) is 0 Å². The van der Waals surface area contributed by atoms with Crippen LogP contribution in [0.2, 0.25) is 0 Å². The molecule has 0 saturated carbocycles. The summed E-state index contributed by atoms with van der Waals surface area (Å²) < 4.78 is 38.3. The predicted octanol–water partition coefficient (Wildman–Crippen LogP) is 3.57. The van der Waals surface area contributed by atoms with Crippen LogP contribution < -0.4 is 5.32 Å². The molecule has 1 atom stereocenters. The number of aliphatic hydroxyl groups is 1. The molecule has 2 aromatic carbocycles. The second-order valence-electron chi connectivity index (χ2n) is 5.82. The highest BCUT2D eigenvalue weighted by Crippen LogP contribution is 2.39. The van der Waals surface area contributed by atoms with Gasteiger partial charge < -0.3 is 15.3 Å². The molecule has 9 heteroatoms. The Bertz CT molecular complexity index is 867. The number of oxime groups is 1. The SMILES string of the molecule is CNC(=O)c1ccc(Sc2ccc(C3=NOC(O)(C(F)(F)F)C3)cc2)cc1. The molecule has 0 spiro atoms. The van der Waals surface area contributed by atoms with Crippen LogP contribution in [0.25, 0.3) is 0 Å². The van der Waals surface area contributed by atoms with Crippen LogP contribution in [0.15, 0.2) is 63.5 Å². The molecule has 1 unspecified atom stereocenters. The lowest BCUT2D eigenvalue weighted by Gasteiger charge is -2.22. The molecule has 1 aliphatic rings. The van der Waals surface area contributed by atoms with Gasteiger partial charge in [0.2, 0.25) is 0 Å². The number of hydrogen-bond donors (Lipinski definition) is 2. The van der Waals surface area contributed by atoms with E-state index in [1.165, 1.54) is 11.8 Å². The zero-order valence-electron chi connectivity index (χ0n) is 14.1. The molecule has 0 bridgehead atoms. The van der Waals surface area contributed by atoms with E-state index in [0.717, 1.165) is 9.79 Å². The molecule has 2 N–H and O–H groups in total. The summed E-state index contributed by atoms with van der Waals surface area (Å²) in [6, 6.07) is 13.7. The molecule has 142 valence electrons. The number of rotatable bonds is 4. The summed E-state index contributed by atoms with van der Waals surface area (Å²) in [5.74, 6) is -3.45. The summed E-state index contributed by atoms with van der Waals surface area (Å²) in [7, 11) is 1.56. The minimum atomic E-state index is -4.92. The summed E-state index contributed by atoms with van der Waals surface area (Å²) in [4.78, 5) is 17.5. The molecule has 1 heterocycles. The Labute approximate surface area is 157 Å². The summed E-state index contributed by atoms with van der Waals surface area (Å²) in [6.45, 7) is 0. The molecule has 0 saturated heterocycles. The van der Waals surface area contributed by atoms with E-state index < -0.39 is 18.4 Å². The standard InChI is InChI=1S/C18H15F3N2O3S/c1-22-16(24)12-4-8-14(9-5-12)27-13-6-2-11(3-7-13)15-10-17(25,26-23-15)18(19,20)21/h2-9,25H,10H2,1H3,(H,22,24). The van der Waals surface area contributed by atoms with Crippen LogP contribution in [0, 0.1) is 0 Å². The number of carbonyl (C=O) groups is 1. The third-order valence-electron chi connectivity index (χ3n) is 3.92. The van der Waals surface area contributed by atoms with Crippen LogP contribution in [-0.2, 0) is 4.84 Å². The normalized spacial score (nSPS) is 19.4. The molecule has 0 fully saturated rings. The monoisotopic (exact) mass is 396 g/mol. The third kappa shape index (κ3) is 4.09. The maximum atomic E-state index is 12.8. The van der Waals surface area contributed by atoms with Crippen molar-refractivity contribution < 1.29 is 27.9 Å². The Morgan fingerprint density at radius 3 is 2.19 bits per heavy atom. The summed E-state index contributed by atoms with van der Waals surface area (Å²) in [5.41, 5.74) is 1.02. The second kappa shape index (κ2) is 7.24. The second-order valence-corrected chi connectivity index (χ2v) is 6.97. The van der Waals surface area contributed by atoms with Gasteiger partial charge in [0.1, 0.15) is 0 Å². The van der Waals surface area contributed by atoms with Crippen molar-refractivity contribution in [2.45, 2.75) is 28.2 Å². The van der Waals surface area contributed by atoms with E-state index >= 15 is 0 Å². The molecule has 3 rings (SSSR count). The van der Waals surface area contributed by atoms with E-state index in [2.05, 4.69) is 15.3 Å². The van der Waals surface area contributed by atoms with Crippen LogP contribution in [0.1, 0.15) is 22.3 Å². The van der Waals surface area contributed by atoms with Gasteiger partial charge in [-0.05, 0) is 42.0 Å². The van der Waals surface area contributed by atoms with E-state index in [4.69, 9.17) is 0 Å². The first-order chi connectivity index (χ1) is 12.7. The van der Waals surface area contributed by atoms with Gasteiger partial charge in [0.15, 0.2) is 0 Å². The number of benzene rings is 2. The van der Waals surface area contributed by atoms with Gasteiger partial charge in [-0.1, -0.05) is 29.1 Å². The topological polar surface area (TPSA) is 70.9 Å². The summed E-state index contributed by atoms with van der Waals surface area (Å²) >= 11 is 1.44. The van der Waals surface area contributed by atoms with Gasteiger partial charge in [0, 0.05) is 22.4 Å². The van der Waals surface area contributed by atoms with E-state index in [9.17, 15) is 23.1 Å². The Morgan fingerprint density at radius 2 is 1.70 bits per heavy atom. The van der Waals surface area contributed by atoms with Crippen molar-refractivity contribution in [2.75, 3.05) is 7.05 Å². The van der Waals surface area contributed by atoms with Gasteiger partial charge >= 0.3 is 12.0 Å². The maximum Gasteiger partial charge on any atom is 0.458 e. The Hall–Kier alpha value is -2.52. The highest BCUT2D eigenvalue weighted by molar-refractivity contribution is 7.99. The molecule has 0 aromatic heterocycles.